The number of fused-ring (bicyclic) bond motifs is 1. The van der Waals surface area contributed by atoms with Crippen molar-refractivity contribution in [1.82, 2.24) is 5.32 Å². The Labute approximate surface area is 116 Å². The zero-order valence-corrected chi connectivity index (χ0v) is 11.3. The van der Waals surface area contributed by atoms with Crippen LogP contribution in [0, 0.1) is 0 Å². The summed E-state index contributed by atoms with van der Waals surface area (Å²) in [5, 5.41) is 6.60. The molecule has 0 radical (unpaired) electrons. The number of rotatable bonds is 6. The van der Waals surface area contributed by atoms with E-state index in [-0.39, 0.29) is 6.54 Å². The van der Waals surface area contributed by atoms with Crippen molar-refractivity contribution in [3.05, 3.63) is 39.8 Å². The van der Waals surface area contributed by atoms with Crippen molar-refractivity contribution < 1.29 is 9.53 Å². The molecule has 0 saturated heterocycles. The third-order valence-corrected chi connectivity index (χ3v) is 3.67. The molecule has 0 spiro atoms. The van der Waals surface area contributed by atoms with E-state index in [4.69, 9.17) is 16.0 Å². The van der Waals surface area contributed by atoms with Crippen LogP contribution < -0.4 is 15.8 Å². The van der Waals surface area contributed by atoms with Gasteiger partial charge < -0.3 is 10.5 Å². The van der Waals surface area contributed by atoms with Gasteiger partial charge in [0.2, 0.25) is 5.91 Å². The SMILES string of the molecule is COc1ccc2c(c1)C(NCCN=[N+]=[N-])(C(N)=O)CC2. The Balaban J connectivity index is 2.32. The molecule has 1 amide bonds. The number of methoxy groups -OCH3 is 1. The molecule has 1 aliphatic rings. The second kappa shape index (κ2) is 5.81. The smallest absolute Gasteiger partial charge is 0.242 e. The fraction of sp³-hybridized carbons (Fsp3) is 0.462. The van der Waals surface area contributed by atoms with E-state index in [9.17, 15) is 4.79 Å². The van der Waals surface area contributed by atoms with Crippen LogP contribution in [-0.2, 0) is 16.8 Å². The van der Waals surface area contributed by atoms with Crippen LogP contribution in [0.15, 0.2) is 23.3 Å². The van der Waals surface area contributed by atoms with Crippen LogP contribution in [0.4, 0.5) is 0 Å². The molecule has 0 aromatic heterocycles. The fourth-order valence-electron chi connectivity index (χ4n) is 2.65. The summed E-state index contributed by atoms with van der Waals surface area (Å²) in [5.41, 5.74) is 14.9. The van der Waals surface area contributed by atoms with Gasteiger partial charge >= 0.3 is 0 Å². The number of amides is 1. The van der Waals surface area contributed by atoms with Crippen LogP contribution in [0.3, 0.4) is 0 Å². The average Bonchev–Trinajstić information content (AvgIpc) is 2.83. The molecular weight excluding hydrogens is 258 g/mol. The van der Waals surface area contributed by atoms with E-state index >= 15 is 0 Å². The van der Waals surface area contributed by atoms with Gasteiger partial charge in [0.1, 0.15) is 11.3 Å². The van der Waals surface area contributed by atoms with Crippen molar-refractivity contribution >= 4 is 5.91 Å². The van der Waals surface area contributed by atoms with Gasteiger partial charge in [0.25, 0.3) is 0 Å². The van der Waals surface area contributed by atoms with Crippen LogP contribution in [0.2, 0.25) is 0 Å². The minimum Gasteiger partial charge on any atom is -0.497 e. The Morgan fingerprint density at radius 3 is 3.10 bits per heavy atom. The lowest BCUT2D eigenvalue weighted by Gasteiger charge is -2.28. The van der Waals surface area contributed by atoms with Crippen molar-refractivity contribution in [2.45, 2.75) is 18.4 Å². The highest BCUT2D eigenvalue weighted by Crippen LogP contribution is 2.38. The molecule has 0 aliphatic heterocycles. The third kappa shape index (κ3) is 2.41. The number of nitrogens with one attached hydrogen (secondary N) is 1. The Hall–Kier alpha value is -2.24. The van der Waals surface area contributed by atoms with Gasteiger partial charge in [0.05, 0.1) is 7.11 Å². The van der Waals surface area contributed by atoms with E-state index in [1.54, 1.807) is 7.11 Å². The van der Waals surface area contributed by atoms with Crippen LogP contribution >= 0.6 is 0 Å². The molecule has 7 nitrogen and oxygen atoms in total. The van der Waals surface area contributed by atoms with Crippen molar-refractivity contribution in [2.24, 2.45) is 10.8 Å². The third-order valence-electron chi connectivity index (χ3n) is 3.67. The lowest BCUT2D eigenvalue weighted by atomic mass is 9.90. The van der Waals surface area contributed by atoms with Crippen LogP contribution in [-0.4, -0.2) is 26.1 Å². The Morgan fingerprint density at radius 1 is 1.65 bits per heavy atom. The first-order valence-corrected chi connectivity index (χ1v) is 6.37. The Kier molecular flexibility index (Phi) is 4.12. The summed E-state index contributed by atoms with van der Waals surface area (Å²) in [6.45, 7) is 0.661. The van der Waals surface area contributed by atoms with Crippen LogP contribution in [0.5, 0.6) is 5.75 Å². The number of nitrogens with zero attached hydrogens (tertiary/aromatic N) is 3. The average molecular weight is 275 g/mol. The summed E-state index contributed by atoms with van der Waals surface area (Å²) in [6.07, 6.45) is 1.37. The number of azide groups is 1. The lowest BCUT2D eigenvalue weighted by molar-refractivity contribution is -0.124. The molecule has 0 heterocycles. The summed E-state index contributed by atoms with van der Waals surface area (Å²) in [6, 6.07) is 5.66. The molecule has 106 valence electrons. The summed E-state index contributed by atoms with van der Waals surface area (Å²) < 4.78 is 5.21. The summed E-state index contributed by atoms with van der Waals surface area (Å²) in [5.74, 6) is 0.263. The largest absolute Gasteiger partial charge is 0.497 e. The minimum absolute atomic E-state index is 0.269. The number of hydrogen-bond acceptors (Lipinski definition) is 4. The van der Waals surface area contributed by atoms with E-state index in [0.717, 1.165) is 17.5 Å². The molecule has 1 unspecified atom stereocenters. The molecule has 1 aromatic carbocycles. The summed E-state index contributed by atoms with van der Waals surface area (Å²) in [7, 11) is 1.58. The molecule has 20 heavy (non-hydrogen) atoms. The maximum Gasteiger partial charge on any atom is 0.242 e. The van der Waals surface area contributed by atoms with Crippen molar-refractivity contribution in [1.29, 1.82) is 0 Å². The predicted molar refractivity (Wildman–Crippen MR) is 74.2 cm³/mol. The normalized spacial score (nSPS) is 20.1. The Morgan fingerprint density at radius 2 is 2.45 bits per heavy atom. The lowest BCUT2D eigenvalue weighted by Crippen LogP contribution is -2.52. The van der Waals surface area contributed by atoms with Crippen molar-refractivity contribution in [3.63, 3.8) is 0 Å². The Bertz CT molecular complexity index is 568. The number of ether oxygens (including phenoxy) is 1. The predicted octanol–water partition coefficient (Wildman–Crippen LogP) is 1.22. The van der Waals surface area contributed by atoms with Crippen LogP contribution in [0.1, 0.15) is 17.5 Å². The van der Waals surface area contributed by atoms with Gasteiger partial charge in [-0.05, 0) is 41.6 Å². The van der Waals surface area contributed by atoms with E-state index in [1.807, 2.05) is 18.2 Å². The number of hydrogen-bond donors (Lipinski definition) is 2. The number of benzene rings is 1. The van der Waals surface area contributed by atoms with Gasteiger partial charge in [0.15, 0.2) is 0 Å². The van der Waals surface area contributed by atoms with Gasteiger partial charge in [-0.25, -0.2) is 0 Å². The minimum atomic E-state index is -0.908. The van der Waals surface area contributed by atoms with Crippen LogP contribution in [0.25, 0.3) is 10.4 Å². The second-order valence-electron chi connectivity index (χ2n) is 4.67. The standard InChI is InChI=1S/C13H17N5O2/c1-20-10-3-2-9-4-5-13(12(14)19,11(9)8-10)16-6-7-17-18-15/h2-3,8,16H,4-7H2,1H3,(H2,14,19). The van der Waals surface area contributed by atoms with E-state index in [1.165, 1.54) is 0 Å². The van der Waals surface area contributed by atoms with Gasteiger partial charge in [-0.1, -0.05) is 11.2 Å². The first-order valence-electron chi connectivity index (χ1n) is 6.37. The fourth-order valence-corrected chi connectivity index (χ4v) is 2.65. The zero-order valence-electron chi connectivity index (χ0n) is 11.3. The highest BCUT2D eigenvalue weighted by molar-refractivity contribution is 5.87. The van der Waals surface area contributed by atoms with Crippen molar-refractivity contribution in [3.8, 4) is 5.75 Å². The molecule has 2 rings (SSSR count). The summed E-state index contributed by atoms with van der Waals surface area (Å²) >= 11 is 0. The molecule has 1 atom stereocenters. The van der Waals surface area contributed by atoms with Gasteiger partial charge in [-0.3, -0.25) is 10.1 Å². The number of carbonyl (C=O) groups excluding carboxylic acids is 1. The van der Waals surface area contributed by atoms with E-state index < -0.39 is 11.4 Å². The highest BCUT2D eigenvalue weighted by atomic mass is 16.5. The molecule has 0 fully saturated rings. The first kappa shape index (κ1) is 14.2. The maximum absolute atomic E-state index is 12.0. The number of nitrogens with two attached hydrogens (primary N) is 1. The monoisotopic (exact) mass is 275 g/mol. The van der Waals surface area contributed by atoms with E-state index in [2.05, 4.69) is 15.3 Å². The molecule has 1 aromatic rings. The molecule has 7 heteroatoms. The maximum atomic E-state index is 12.0. The first-order chi connectivity index (χ1) is 9.64. The highest BCUT2D eigenvalue weighted by Gasteiger charge is 2.43. The van der Waals surface area contributed by atoms with Gasteiger partial charge in [-0.2, -0.15) is 0 Å². The number of primary amides is 1. The van der Waals surface area contributed by atoms with Crippen molar-refractivity contribution in [2.75, 3.05) is 20.2 Å². The molecule has 0 saturated carbocycles. The second-order valence-corrected chi connectivity index (χ2v) is 4.67. The zero-order chi connectivity index (χ0) is 14.6. The van der Waals surface area contributed by atoms with E-state index in [0.29, 0.717) is 18.7 Å². The summed E-state index contributed by atoms with van der Waals surface area (Å²) in [4.78, 5) is 14.7. The van der Waals surface area contributed by atoms with Gasteiger partial charge in [-0.15, -0.1) is 0 Å². The molecule has 3 N–H and O–H groups in total. The quantitative estimate of drug-likeness (QED) is 0.352. The molecule has 1 aliphatic carbocycles. The number of aryl methyl sites for hydroxylation is 1. The molecule has 0 bridgehead atoms. The van der Waals surface area contributed by atoms with Gasteiger partial charge in [0, 0.05) is 18.0 Å². The topological polar surface area (TPSA) is 113 Å². The molecular formula is C13H17N5O2. The number of carbonyl (C=O) groups is 1.